The molecule has 1 aromatic heterocycles. The largest absolute Gasteiger partial charge is 0.497 e. The van der Waals surface area contributed by atoms with Crippen molar-refractivity contribution in [3.05, 3.63) is 46.2 Å². The van der Waals surface area contributed by atoms with Crippen LogP contribution in [0, 0.1) is 0 Å². The van der Waals surface area contributed by atoms with Crippen LogP contribution in [0.2, 0.25) is 0 Å². The monoisotopic (exact) mass is 349 g/mol. The van der Waals surface area contributed by atoms with Gasteiger partial charge in [-0.25, -0.2) is 0 Å². The van der Waals surface area contributed by atoms with Crippen molar-refractivity contribution < 1.29 is 14.3 Å². The Morgan fingerprint density at radius 3 is 2.87 bits per heavy atom. The Labute approximate surface area is 144 Å². The van der Waals surface area contributed by atoms with Crippen LogP contribution in [0.3, 0.4) is 0 Å². The summed E-state index contributed by atoms with van der Waals surface area (Å²) in [4.78, 5) is 15.7. The lowest BCUT2D eigenvalue weighted by Crippen LogP contribution is -2.31. The number of rotatable bonds is 5. The molecule has 1 saturated heterocycles. The molecule has 1 fully saturated rings. The van der Waals surface area contributed by atoms with E-state index in [1.165, 1.54) is 0 Å². The van der Waals surface area contributed by atoms with Gasteiger partial charge in [-0.2, -0.15) is 0 Å². The van der Waals surface area contributed by atoms with Crippen LogP contribution in [-0.4, -0.2) is 37.3 Å². The van der Waals surface area contributed by atoms with Gasteiger partial charge in [0, 0.05) is 28.8 Å². The highest BCUT2D eigenvalue weighted by atomic mass is 32.2. The topological polar surface area (TPSA) is 38.8 Å². The number of hydrogen-bond donors (Lipinski definition) is 0. The SMILES string of the molecule is COc1ccc(C2SCCN2C(=O)Cc2cccs2)c(OC)c1. The first kappa shape index (κ1) is 16.2. The Morgan fingerprint density at radius 2 is 2.17 bits per heavy atom. The Morgan fingerprint density at radius 1 is 1.30 bits per heavy atom. The second kappa shape index (κ2) is 7.27. The summed E-state index contributed by atoms with van der Waals surface area (Å²) in [6.07, 6.45) is 0.465. The molecule has 2 heterocycles. The number of thioether (sulfide) groups is 1. The van der Waals surface area contributed by atoms with E-state index < -0.39 is 0 Å². The molecule has 23 heavy (non-hydrogen) atoms. The molecule has 1 aromatic carbocycles. The lowest BCUT2D eigenvalue weighted by molar-refractivity contribution is -0.130. The number of thiophene rings is 1. The van der Waals surface area contributed by atoms with Crippen LogP contribution in [0.1, 0.15) is 15.8 Å². The van der Waals surface area contributed by atoms with E-state index in [-0.39, 0.29) is 11.3 Å². The van der Waals surface area contributed by atoms with Crippen LogP contribution >= 0.6 is 23.1 Å². The summed E-state index contributed by atoms with van der Waals surface area (Å²) in [5.41, 5.74) is 1.02. The molecule has 1 aliphatic heterocycles. The molecule has 3 rings (SSSR count). The molecule has 0 radical (unpaired) electrons. The molecule has 1 atom stereocenters. The highest BCUT2D eigenvalue weighted by Crippen LogP contribution is 2.43. The fourth-order valence-electron chi connectivity index (χ4n) is 2.67. The van der Waals surface area contributed by atoms with Crippen molar-refractivity contribution in [2.75, 3.05) is 26.5 Å². The van der Waals surface area contributed by atoms with Gasteiger partial charge >= 0.3 is 0 Å². The Hall–Kier alpha value is -1.66. The van der Waals surface area contributed by atoms with Gasteiger partial charge in [-0.05, 0) is 23.6 Å². The van der Waals surface area contributed by atoms with Gasteiger partial charge in [0.15, 0.2) is 0 Å². The molecule has 0 bridgehead atoms. The number of methoxy groups -OCH3 is 2. The number of carbonyl (C=O) groups excluding carboxylic acids is 1. The summed E-state index contributed by atoms with van der Waals surface area (Å²) in [7, 11) is 3.28. The number of amides is 1. The Balaban J connectivity index is 1.82. The molecule has 0 N–H and O–H groups in total. The third-order valence-corrected chi connectivity index (χ3v) is 5.94. The zero-order valence-electron chi connectivity index (χ0n) is 13.2. The lowest BCUT2D eigenvalue weighted by Gasteiger charge is -2.25. The molecule has 1 amide bonds. The summed E-state index contributed by atoms with van der Waals surface area (Å²) in [6.45, 7) is 0.773. The first-order valence-corrected chi connectivity index (χ1v) is 9.31. The summed E-state index contributed by atoms with van der Waals surface area (Å²) in [6, 6.07) is 9.77. The van der Waals surface area contributed by atoms with Crippen LogP contribution < -0.4 is 9.47 Å². The van der Waals surface area contributed by atoms with E-state index in [0.29, 0.717) is 6.42 Å². The van der Waals surface area contributed by atoms with Gasteiger partial charge in [-0.1, -0.05) is 6.07 Å². The predicted molar refractivity (Wildman–Crippen MR) is 94.5 cm³/mol. The second-order valence-corrected chi connectivity index (χ2v) is 7.39. The average molecular weight is 349 g/mol. The predicted octanol–water partition coefficient (Wildman–Crippen LogP) is 3.58. The Kier molecular flexibility index (Phi) is 5.13. The van der Waals surface area contributed by atoms with Crippen molar-refractivity contribution >= 4 is 29.0 Å². The average Bonchev–Trinajstić information content (AvgIpc) is 3.25. The molecule has 0 saturated carbocycles. The maximum absolute atomic E-state index is 12.7. The van der Waals surface area contributed by atoms with Crippen molar-refractivity contribution in [2.45, 2.75) is 11.8 Å². The molecular formula is C17H19NO3S2. The van der Waals surface area contributed by atoms with Crippen LogP contribution in [0.5, 0.6) is 11.5 Å². The van der Waals surface area contributed by atoms with Crippen molar-refractivity contribution in [1.82, 2.24) is 4.90 Å². The third kappa shape index (κ3) is 3.48. The molecule has 0 aliphatic carbocycles. The van der Waals surface area contributed by atoms with E-state index in [1.54, 1.807) is 37.3 Å². The zero-order valence-corrected chi connectivity index (χ0v) is 14.8. The van der Waals surface area contributed by atoms with Crippen molar-refractivity contribution in [1.29, 1.82) is 0 Å². The summed E-state index contributed by atoms with van der Waals surface area (Å²) >= 11 is 3.40. The van der Waals surface area contributed by atoms with E-state index in [2.05, 4.69) is 0 Å². The quantitative estimate of drug-likeness (QED) is 0.827. The van der Waals surface area contributed by atoms with Gasteiger partial charge in [0.05, 0.1) is 20.6 Å². The molecule has 122 valence electrons. The van der Waals surface area contributed by atoms with Gasteiger partial charge in [-0.15, -0.1) is 23.1 Å². The minimum absolute atomic E-state index is 0.00307. The fraction of sp³-hybridized carbons (Fsp3) is 0.353. The first-order valence-electron chi connectivity index (χ1n) is 7.38. The fourth-order valence-corrected chi connectivity index (χ4v) is 4.67. The molecule has 4 nitrogen and oxygen atoms in total. The van der Waals surface area contributed by atoms with Crippen LogP contribution in [0.25, 0.3) is 0 Å². The Bertz CT molecular complexity index is 672. The van der Waals surface area contributed by atoms with Crippen LogP contribution in [-0.2, 0) is 11.2 Å². The van der Waals surface area contributed by atoms with E-state index >= 15 is 0 Å². The minimum atomic E-state index is 0.00307. The van der Waals surface area contributed by atoms with Crippen molar-refractivity contribution in [2.24, 2.45) is 0 Å². The lowest BCUT2D eigenvalue weighted by atomic mass is 10.1. The molecule has 0 spiro atoms. The zero-order chi connectivity index (χ0) is 16.2. The maximum atomic E-state index is 12.7. The van der Waals surface area contributed by atoms with Gasteiger partial charge in [0.2, 0.25) is 5.91 Å². The number of benzene rings is 1. The number of nitrogens with zero attached hydrogens (tertiary/aromatic N) is 1. The molecular weight excluding hydrogens is 330 g/mol. The maximum Gasteiger partial charge on any atom is 0.229 e. The summed E-state index contributed by atoms with van der Waals surface area (Å²) in [5.74, 6) is 2.62. The van der Waals surface area contributed by atoms with E-state index in [0.717, 1.165) is 34.2 Å². The molecule has 2 aromatic rings. The molecule has 6 heteroatoms. The van der Waals surface area contributed by atoms with Crippen LogP contribution in [0.15, 0.2) is 35.7 Å². The van der Waals surface area contributed by atoms with Crippen molar-refractivity contribution in [3.8, 4) is 11.5 Å². The highest BCUT2D eigenvalue weighted by molar-refractivity contribution is 7.99. The smallest absolute Gasteiger partial charge is 0.229 e. The minimum Gasteiger partial charge on any atom is -0.497 e. The van der Waals surface area contributed by atoms with E-state index in [9.17, 15) is 4.79 Å². The van der Waals surface area contributed by atoms with Gasteiger partial charge in [-0.3, -0.25) is 4.79 Å². The van der Waals surface area contributed by atoms with E-state index in [4.69, 9.17) is 9.47 Å². The number of ether oxygens (including phenoxy) is 2. The standard InChI is InChI=1S/C17H19NO3S2/c1-20-12-5-6-14(15(10-12)21-2)17-18(7-9-23-17)16(19)11-13-4-3-8-22-13/h3-6,8,10,17H,7,9,11H2,1-2H3. The number of carbonyl (C=O) groups is 1. The molecule has 1 aliphatic rings. The summed E-state index contributed by atoms with van der Waals surface area (Å²) in [5, 5.41) is 2.01. The number of hydrogen-bond acceptors (Lipinski definition) is 5. The van der Waals surface area contributed by atoms with Gasteiger partial charge < -0.3 is 14.4 Å². The summed E-state index contributed by atoms with van der Waals surface area (Å²) < 4.78 is 10.8. The van der Waals surface area contributed by atoms with Crippen LogP contribution in [0.4, 0.5) is 0 Å². The van der Waals surface area contributed by atoms with E-state index in [1.807, 2.05) is 40.6 Å². The third-order valence-electron chi connectivity index (χ3n) is 3.82. The first-order chi connectivity index (χ1) is 11.2. The highest BCUT2D eigenvalue weighted by Gasteiger charge is 2.32. The van der Waals surface area contributed by atoms with Crippen molar-refractivity contribution in [3.63, 3.8) is 0 Å². The normalized spacial score (nSPS) is 17.3. The van der Waals surface area contributed by atoms with Gasteiger partial charge in [0.1, 0.15) is 16.9 Å². The molecule has 1 unspecified atom stereocenters. The second-order valence-electron chi connectivity index (χ2n) is 5.17. The van der Waals surface area contributed by atoms with Gasteiger partial charge in [0.25, 0.3) is 0 Å².